The Bertz CT molecular complexity index is 1810. The van der Waals surface area contributed by atoms with E-state index in [-0.39, 0.29) is 122 Å². The normalized spacial score (nSPS) is 19.1. The Morgan fingerprint density at radius 1 is 0.942 bits per heavy atom. The van der Waals surface area contributed by atoms with Crippen LogP contribution in [0.2, 0.25) is 0 Å². The van der Waals surface area contributed by atoms with Gasteiger partial charge in [0, 0.05) is 44.7 Å². The summed E-state index contributed by atoms with van der Waals surface area (Å²) in [5.41, 5.74) is 2.96. The number of nitrogens with one attached hydrogen (secondary N) is 1. The summed E-state index contributed by atoms with van der Waals surface area (Å²) < 4.78 is 15.6. The molecule has 0 unspecified atom stereocenters. The van der Waals surface area contributed by atoms with Crippen LogP contribution in [0.15, 0.2) is 91.5 Å². The van der Waals surface area contributed by atoms with Gasteiger partial charge >= 0.3 is 65.1 Å². The van der Waals surface area contributed by atoms with Gasteiger partial charge < -0.3 is 38.9 Å². The van der Waals surface area contributed by atoms with Gasteiger partial charge in [0.15, 0.2) is 0 Å². The molecular formula is C35H37N6Na2O8P. The van der Waals surface area contributed by atoms with Gasteiger partial charge in [0.05, 0.1) is 13.1 Å². The Morgan fingerprint density at radius 2 is 1.65 bits per heavy atom. The van der Waals surface area contributed by atoms with E-state index >= 15 is 0 Å². The van der Waals surface area contributed by atoms with Gasteiger partial charge in [0.25, 0.3) is 0 Å². The van der Waals surface area contributed by atoms with Crippen LogP contribution in [0.3, 0.4) is 0 Å². The van der Waals surface area contributed by atoms with Crippen LogP contribution in [0.1, 0.15) is 29.5 Å². The van der Waals surface area contributed by atoms with Crippen molar-refractivity contribution in [1.82, 2.24) is 25.1 Å². The number of hydrogen-bond acceptors (Lipinski definition) is 9. The first-order valence-corrected chi connectivity index (χ1v) is 17.7. The van der Waals surface area contributed by atoms with Crippen molar-refractivity contribution in [1.29, 1.82) is 0 Å². The van der Waals surface area contributed by atoms with Gasteiger partial charge in [-0.05, 0) is 47.4 Å². The monoisotopic (exact) mass is 746 g/mol. The Hall–Kier alpha value is -3.01. The second kappa shape index (κ2) is 18.4. The van der Waals surface area contributed by atoms with E-state index in [0.29, 0.717) is 18.5 Å². The molecule has 3 saturated heterocycles. The first kappa shape index (κ1) is 41.7. The van der Waals surface area contributed by atoms with E-state index in [1.165, 1.54) is 34.2 Å². The third kappa shape index (κ3) is 9.94. The third-order valence-corrected chi connectivity index (χ3v) is 9.34. The molecule has 0 bridgehead atoms. The molecule has 0 radical (unpaired) electrons. The van der Waals surface area contributed by atoms with E-state index in [2.05, 4.69) is 16.4 Å². The number of nitrogens with zero attached hydrogens (tertiary/aromatic N) is 5. The third-order valence-electron chi connectivity index (χ3n) is 8.90. The molecule has 3 heterocycles. The van der Waals surface area contributed by atoms with Crippen molar-refractivity contribution in [3.8, 4) is 5.75 Å². The summed E-state index contributed by atoms with van der Waals surface area (Å²) in [4.78, 5) is 81.7. The molecule has 0 saturated carbocycles. The standard InChI is InChI=1S/C35H39N6O8P.2Na/c1-2-17-38-24-33(43)40-30(20-25-13-15-29(16-14-25)49-50(46,47)48)34(44)37(22-27-10-6-11-28(19-27)39-18-7-12-32(39)42)23-31(40)41(38)35(45)36-21-26-8-4-3-5-9-26;;/h2-6,8-11,13-16,19,30-31H,1,7,12,17-18,20-24H2,(H,36,45)(H2,46,47,48);;/q;2*+1/p-2/t30-,31-;;/m0../s1. The molecule has 3 fully saturated rings. The Balaban J connectivity index is 0.00000302. The van der Waals surface area contributed by atoms with E-state index in [9.17, 15) is 33.5 Å². The molecule has 5 amide bonds. The fourth-order valence-electron chi connectivity index (χ4n) is 6.70. The zero-order valence-corrected chi connectivity index (χ0v) is 34.2. The quantitative estimate of drug-likeness (QED) is 0.116. The van der Waals surface area contributed by atoms with Gasteiger partial charge in [-0.25, -0.2) is 14.8 Å². The summed E-state index contributed by atoms with van der Waals surface area (Å²) in [6.45, 7) is 4.85. The van der Waals surface area contributed by atoms with Gasteiger partial charge in [-0.1, -0.05) is 60.7 Å². The van der Waals surface area contributed by atoms with E-state index in [0.717, 1.165) is 23.2 Å². The van der Waals surface area contributed by atoms with Crippen molar-refractivity contribution < 1.29 is 97.2 Å². The molecule has 14 nitrogen and oxygen atoms in total. The van der Waals surface area contributed by atoms with Crippen LogP contribution < -0.4 is 83.6 Å². The van der Waals surface area contributed by atoms with E-state index in [1.54, 1.807) is 20.9 Å². The number of carbonyl (C=O) groups excluding carboxylic acids is 4. The van der Waals surface area contributed by atoms with Crippen molar-refractivity contribution in [3.05, 3.63) is 108 Å². The SMILES string of the molecule is C=CCN1CC(=O)N2[C@@H](Cc3ccc(OP(=O)([O-])[O-])cc3)C(=O)N(Cc3cccc(N4CCCC4=O)c3)C[C@@H]2N1C(=O)NCc1ccccc1.[Na+].[Na+]. The van der Waals surface area contributed by atoms with E-state index in [1.807, 2.05) is 54.6 Å². The second-order valence-electron chi connectivity index (χ2n) is 12.3. The predicted octanol–water partition coefficient (Wildman–Crippen LogP) is -4.23. The number of benzene rings is 3. The van der Waals surface area contributed by atoms with E-state index < -0.39 is 26.1 Å². The maximum absolute atomic E-state index is 14.4. The minimum atomic E-state index is -5.28. The maximum atomic E-state index is 14.4. The molecule has 0 aliphatic carbocycles. The average molecular weight is 747 g/mol. The van der Waals surface area contributed by atoms with Gasteiger partial charge in [-0.15, -0.1) is 6.58 Å². The molecule has 1 N–H and O–H groups in total. The van der Waals surface area contributed by atoms with Gasteiger partial charge in [-0.3, -0.25) is 14.4 Å². The smallest absolute Gasteiger partial charge is 0.780 e. The Morgan fingerprint density at radius 3 is 2.31 bits per heavy atom. The zero-order chi connectivity index (χ0) is 35.4. The number of hydrazine groups is 1. The molecular weight excluding hydrogens is 709 g/mol. The van der Waals surface area contributed by atoms with Crippen LogP contribution in [-0.4, -0.2) is 82.0 Å². The van der Waals surface area contributed by atoms with Crippen LogP contribution in [0, 0.1) is 0 Å². The minimum Gasteiger partial charge on any atom is -0.780 e. The largest absolute Gasteiger partial charge is 1.00 e. The zero-order valence-electron chi connectivity index (χ0n) is 29.3. The summed E-state index contributed by atoms with van der Waals surface area (Å²) >= 11 is 0. The number of anilines is 1. The van der Waals surface area contributed by atoms with Gasteiger partial charge in [0.1, 0.15) is 25.8 Å². The van der Waals surface area contributed by atoms with Crippen molar-refractivity contribution in [2.24, 2.45) is 0 Å². The molecule has 3 aromatic carbocycles. The average Bonchev–Trinajstić information content (AvgIpc) is 3.52. The fourth-order valence-corrected chi connectivity index (χ4v) is 7.08. The van der Waals surface area contributed by atoms with Crippen LogP contribution in [0.25, 0.3) is 0 Å². The molecule has 52 heavy (non-hydrogen) atoms. The number of phosphoric ester groups is 1. The van der Waals surface area contributed by atoms with Crippen LogP contribution in [0.5, 0.6) is 5.75 Å². The molecule has 17 heteroatoms. The topological polar surface area (TPSA) is 169 Å². The summed E-state index contributed by atoms with van der Waals surface area (Å²) in [7, 11) is -5.28. The number of rotatable bonds is 11. The van der Waals surface area contributed by atoms with Crippen LogP contribution in [0.4, 0.5) is 10.5 Å². The minimum absolute atomic E-state index is 0. The number of amides is 5. The number of hydrogen-bond donors (Lipinski definition) is 1. The molecule has 3 aromatic rings. The maximum Gasteiger partial charge on any atom is 1.00 e. The van der Waals surface area contributed by atoms with Crippen molar-refractivity contribution in [3.63, 3.8) is 0 Å². The Labute approximate surface area is 346 Å². The number of urea groups is 1. The molecule has 262 valence electrons. The molecule has 0 spiro atoms. The van der Waals surface area contributed by atoms with Crippen LogP contribution >= 0.6 is 7.82 Å². The molecule has 3 aliphatic heterocycles. The molecule has 2 atom stereocenters. The van der Waals surface area contributed by atoms with Gasteiger partial charge in [0.2, 0.25) is 17.7 Å². The molecule has 3 aliphatic rings. The molecule has 0 aromatic heterocycles. The van der Waals surface area contributed by atoms with Crippen molar-refractivity contribution in [2.45, 2.75) is 44.6 Å². The summed E-state index contributed by atoms with van der Waals surface area (Å²) in [6, 6.07) is 21.0. The predicted molar refractivity (Wildman–Crippen MR) is 179 cm³/mol. The molecule has 6 rings (SSSR count). The number of fused-ring (bicyclic) bond motifs is 1. The Kier molecular flexibility index (Phi) is 14.7. The van der Waals surface area contributed by atoms with Crippen LogP contribution in [-0.2, 0) is 38.5 Å². The number of phosphoric acid groups is 1. The second-order valence-corrected chi connectivity index (χ2v) is 13.4. The number of carbonyl (C=O) groups is 4. The fraction of sp³-hybridized carbons (Fsp3) is 0.314. The first-order chi connectivity index (χ1) is 24.0. The summed E-state index contributed by atoms with van der Waals surface area (Å²) in [5.74, 6) is -0.835. The summed E-state index contributed by atoms with van der Waals surface area (Å²) in [5, 5.41) is 6.05. The number of piperazine rings is 1. The first-order valence-electron chi connectivity index (χ1n) is 16.3. The van der Waals surface area contributed by atoms with Crippen molar-refractivity contribution in [2.75, 3.05) is 31.1 Å². The van der Waals surface area contributed by atoms with E-state index in [4.69, 9.17) is 0 Å². The van der Waals surface area contributed by atoms with Gasteiger partial charge in [-0.2, -0.15) is 0 Å². The van der Waals surface area contributed by atoms with Crippen molar-refractivity contribution >= 4 is 37.3 Å². The summed E-state index contributed by atoms with van der Waals surface area (Å²) in [6.07, 6.45) is 2.00.